The van der Waals surface area contributed by atoms with Gasteiger partial charge in [-0.25, -0.2) is 4.79 Å². The number of amides is 1. The summed E-state index contributed by atoms with van der Waals surface area (Å²) < 4.78 is 10.9. The van der Waals surface area contributed by atoms with Gasteiger partial charge in [-0.1, -0.05) is 12.1 Å². The van der Waals surface area contributed by atoms with E-state index < -0.39 is 17.8 Å². The van der Waals surface area contributed by atoms with Crippen LogP contribution in [0, 0.1) is 0 Å². The Kier molecular flexibility index (Phi) is 8.72. The van der Waals surface area contributed by atoms with Crippen molar-refractivity contribution in [3.8, 4) is 5.75 Å². The van der Waals surface area contributed by atoms with Crippen molar-refractivity contribution < 1.29 is 19.4 Å². The Balaban J connectivity index is 2.48. The third kappa shape index (κ3) is 9.31. The van der Waals surface area contributed by atoms with Gasteiger partial charge in [0.25, 0.3) is 0 Å². The summed E-state index contributed by atoms with van der Waals surface area (Å²) in [6.45, 7) is 11.7. The van der Waals surface area contributed by atoms with Gasteiger partial charge in [0.05, 0.1) is 12.7 Å². The van der Waals surface area contributed by atoms with Crippen LogP contribution in [-0.4, -0.2) is 54.0 Å². The van der Waals surface area contributed by atoms with Crippen LogP contribution in [0.1, 0.15) is 40.2 Å². The maximum atomic E-state index is 12.2. The third-order valence-electron chi connectivity index (χ3n) is 3.23. The molecule has 0 aliphatic carbocycles. The molecule has 2 N–H and O–H groups in total. The van der Waals surface area contributed by atoms with E-state index in [0.717, 1.165) is 11.3 Å². The van der Waals surface area contributed by atoms with E-state index in [1.807, 2.05) is 52.0 Å². The van der Waals surface area contributed by atoms with E-state index in [0.29, 0.717) is 26.2 Å². The van der Waals surface area contributed by atoms with Crippen LogP contribution in [0.25, 0.3) is 0 Å². The minimum Gasteiger partial charge on any atom is -0.494 e. The number of hydrogen-bond acceptors (Lipinski definition) is 5. The van der Waals surface area contributed by atoms with Gasteiger partial charge in [-0.05, 0) is 52.3 Å². The summed E-state index contributed by atoms with van der Waals surface area (Å²) in [5, 5.41) is 12.9. The summed E-state index contributed by atoms with van der Waals surface area (Å²) in [7, 11) is 0. The van der Waals surface area contributed by atoms with E-state index in [9.17, 15) is 9.90 Å². The molecule has 1 aromatic rings. The molecule has 0 saturated heterocycles. The van der Waals surface area contributed by atoms with E-state index in [4.69, 9.17) is 9.47 Å². The average molecular weight is 352 g/mol. The molecule has 6 heteroatoms. The van der Waals surface area contributed by atoms with Crippen molar-refractivity contribution in [2.75, 3.05) is 26.2 Å². The fraction of sp³-hybridized carbons (Fsp3) is 0.632. The Morgan fingerprint density at radius 2 is 2.08 bits per heavy atom. The standard InChI is InChI=1S/C19H32N2O4/c1-6-24-17-9-7-8-16(12-17)13-20-10-11-21(14-15(2)22)18(23)25-19(3,4)5/h7-9,12,15,20,22H,6,10-11,13-14H2,1-5H3. The van der Waals surface area contributed by atoms with E-state index in [1.54, 1.807) is 6.92 Å². The first kappa shape index (κ1) is 21.3. The van der Waals surface area contributed by atoms with Gasteiger partial charge in [-0.2, -0.15) is 0 Å². The molecule has 0 aliphatic rings. The molecule has 6 nitrogen and oxygen atoms in total. The van der Waals surface area contributed by atoms with Crippen LogP contribution in [-0.2, 0) is 11.3 Å². The number of carbonyl (C=O) groups excluding carboxylic acids is 1. The lowest BCUT2D eigenvalue weighted by atomic mass is 10.2. The van der Waals surface area contributed by atoms with Crippen LogP contribution < -0.4 is 10.1 Å². The topological polar surface area (TPSA) is 71.0 Å². The van der Waals surface area contributed by atoms with Crippen LogP contribution in [0.15, 0.2) is 24.3 Å². The number of benzene rings is 1. The van der Waals surface area contributed by atoms with Crippen LogP contribution in [0.2, 0.25) is 0 Å². The molecule has 0 aromatic heterocycles. The molecule has 1 aromatic carbocycles. The number of carbonyl (C=O) groups is 1. The molecule has 0 radical (unpaired) electrons. The minimum atomic E-state index is -0.601. The van der Waals surface area contributed by atoms with Crippen LogP contribution in [0.4, 0.5) is 4.79 Å². The monoisotopic (exact) mass is 352 g/mol. The highest BCUT2D eigenvalue weighted by Gasteiger charge is 2.22. The Bertz CT molecular complexity index is 526. The van der Waals surface area contributed by atoms with Crippen molar-refractivity contribution in [2.24, 2.45) is 0 Å². The SMILES string of the molecule is CCOc1cccc(CNCCN(CC(C)O)C(=O)OC(C)(C)C)c1. The highest BCUT2D eigenvalue weighted by molar-refractivity contribution is 5.68. The van der Waals surface area contributed by atoms with Crippen molar-refractivity contribution >= 4 is 6.09 Å². The van der Waals surface area contributed by atoms with Gasteiger partial charge in [-0.15, -0.1) is 0 Å². The summed E-state index contributed by atoms with van der Waals surface area (Å²) >= 11 is 0. The summed E-state index contributed by atoms with van der Waals surface area (Å²) in [5.74, 6) is 0.853. The Morgan fingerprint density at radius 1 is 1.36 bits per heavy atom. The number of hydrogen-bond donors (Lipinski definition) is 2. The van der Waals surface area contributed by atoms with Crippen molar-refractivity contribution in [2.45, 2.75) is 52.9 Å². The minimum absolute atomic E-state index is 0.246. The Morgan fingerprint density at radius 3 is 2.68 bits per heavy atom. The predicted octanol–water partition coefficient (Wildman–Crippen LogP) is 2.79. The normalized spacial score (nSPS) is 12.6. The van der Waals surface area contributed by atoms with Crippen LogP contribution in [0.5, 0.6) is 5.75 Å². The van der Waals surface area contributed by atoms with Crippen LogP contribution >= 0.6 is 0 Å². The zero-order valence-electron chi connectivity index (χ0n) is 16.0. The first-order valence-electron chi connectivity index (χ1n) is 8.79. The largest absolute Gasteiger partial charge is 0.494 e. The van der Waals surface area contributed by atoms with E-state index in [-0.39, 0.29) is 6.54 Å². The maximum Gasteiger partial charge on any atom is 0.410 e. The molecule has 0 aliphatic heterocycles. The molecule has 1 atom stereocenters. The zero-order chi connectivity index (χ0) is 18.9. The number of rotatable bonds is 9. The average Bonchev–Trinajstić information content (AvgIpc) is 2.49. The van der Waals surface area contributed by atoms with Gasteiger partial charge >= 0.3 is 6.09 Å². The van der Waals surface area contributed by atoms with Crippen molar-refractivity contribution in [1.82, 2.24) is 10.2 Å². The van der Waals surface area contributed by atoms with Gasteiger partial charge in [-0.3, -0.25) is 0 Å². The van der Waals surface area contributed by atoms with Gasteiger partial charge < -0.3 is 24.8 Å². The third-order valence-corrected chi connectivity index (χ3v) is 3.23. The lowest BCUT2D eigenvalue weighted by Gasteiger charge is -2.28. The maximum absolute atomic E-state index is 12.2. The quantitative estimate of drug-likeness (QED) is 0.669. The van der Waals surface area contributed by atoms with Gasteiger partial charge in [0.1, 0.15) is 11.4 Å². The Hall–Kier alpha value is -1.79. The lowest BCUT2D eigenvalue weighted by molar-refractivity contribution is 0.0164. The lowest BCUT2D eigenvalue weighted by Crippen LogP contribution is -2.43. The van der Waals surface area contributed by atoms with E-state index in [1.165, 1.54) is 4.90 Å². The second kappa shape index (κ2) is 10.3. The predicted molar refractivity (Wildman–Crippen MR) is 98.8 cm³/mol. The molecule has 1 unspecified atom stereocenters. The van der Waals surface area contributed by atoms with Crippen molar-refractivity contribution in [1.29, 1.82) is 0 Å². The summed E-state index contributed by atoms with van der Waals surface area (Å²) in [6.07, 6.45) is -1.01. The molecule has 0 bridgehead atoms. The molecule has 25 heavy (non-hydrogen) atoms. The molecule has 0 saturated carbocycles. The number of nitrogens with zero attached hydrogens (tertiary/aromatic N) is 1. The summed E-state index contributed by atoms with van der Waals surface area (Å²) in [5.41, 5.74) is 0.562. The van der Waals surface area contributed by atoms with Gasteiger partial charge in [0.2, 0.25) is 0 Å². The van der Waals surface area contributed by atoms with Gasteiger partial charge in [0, 0.05) is 26.2 Å². The molecule has 1 rings (SSSR count). The van der Waals surface area contributed by atoms with E-state index in [2.05, 4.69) is 5.32 Å². The highest BCUT2D eigenvalue weighted by atomic mass is 16.6. The first-order valence-corrected chi connectivity index (χ1v) is 8.79. The summed E-state index contributed by atoms with van der Waals surface area (Å²) in [4.78, 5) is 13.8. The number of nitrogens with one attached hydrogen (secondary N) is 1. The molecular formula is C19H32N2O4. The molecule has 0 spiro atoms. The smallest absolute Gasteiger partial charge is 0.410 e. The van der Waals surface area contributed by atoms with Gasteiger partial charge in [0.15, 0.2) is 0 Å². The molecule has 0 fully saturated rings. The second-order valence-corrected chi connectivity index (χ2v) is 7.03. The first-order chi connectivity index (χ1) is 11.7. The molecule has 1 amide bonds. The number of aliphatic hydroxyl groups excluding tert-OH is 1. The van der Waals surface area contributed by atoms with Crippen molar-refractivity contribution in [3.63, 3.8) is 0 Å². The zero-order valence-corrected chi connectivity index (χ0v) is 16.0. The highest BCUT2D eigenvalue weighted by Crippen LogP contribution is 2.13. The number of aliphatic hydroxyl groups is 1. The number of ether oxygens (including phenoxy) is 2. The summed E-state index contributed by atoms with van der Waals surface area (Å²) in [6, 6.07) is 7.91. The molecule has 0 heterocycles. The van der Waals surface area contributed by atoms with Crippen LogP contribution in [0.3, 0.4) is 0 Å². The molecular weight excluding hydrogens is 320 g/mol. The fourth-order valence-corrected chi connectivity index (χ4v) is 2.26. The van der Waals surface area contributed by atoms with Crippen molar-refractivity contribution in [3.05, 3.63) is 29.8 Å². The fourth-order valence-electron chi connectivity index (χ4n) is 2.26. The Labute approximate surface area is 151 Å². The molecule has 142 valence electrons. The second-order valence-electron chi connectivity index (χ2n) is 7.03. The van der Waals surface area contributed by atoms with E-state index >= 15 is 0 Å².